The largest absolute Gasteiger partial charge is 0.484 e. The highest BCUT2D eigenvalue weighted by Crippen LogP contribution is 2.17. The van der Waals surface area contributed by atoms with E-state index in [-0.39, 0.29) is 12.5 Å². The van der Waals surface area contributed by atoms with Gasteiger partial charge in [0.1, 0.15) is 11.4 Å². The number of rotatable bonds is 6. The van der Waals surface area contributed by atoms with Crippen LogP contribution in [0, 0.1) is 6.92 Å². The van der Waals surface area contributed by atoms with E-state index in [9.17, 15) is 4.79 Å². The lowest BCUT2D eigenvalue weighted by molar-refractivity contribution is -0.123. The summed E-state index contributed by atoms with van der Waals surface area (Å²) in [4.78, 5) is 16.5. The lowest BCUT2D eigenvalue weighted by atomic mass is 10.2. The predicted octanol–water partition coefficient (Wildman–Crippen LogP) is 3.66. The number of pyridine rings is 1. The highest BCUT2D eigenvalue weighted by atomic mass is 79.9. The zero-order valence-electron chi connectivity index (χ0n) is 14.3. The average molecular weight is 402 g/mol. The van der Waals surface area contributed by atoms with Crippen LogP contribution in [0.5, 0.6) is 5.75 Å². The van der Waals surface area contributed by atoms with E-state index in [1.807, 2.05) is 54.0 Å². The molecule has 3 aromatic rings. The molecule has 1 amide bonds. The van der Waals surface area contributed by atoms with Gasteiger partial charge >= 0.3 is 0 Å². The first-order valence-corrected chi connectivity index (χ1v) is 8.96. The molecule has 0 aliphatic carbocycles. The first-order chi connectivity index (χ1) is 12.0. The molecule has 25 heavy (non-hydrogen) atoms. The van der Waals surface area contributed by atoms with Gasteiger partial charge in [-0.25, -0.2) is 4.98 Å². The minimum Gasteiger partial charge on any atom is -0.484 e. The maximum absolute atomic E-state index is 12.0. The number of hydrogen-bond donors (Lipinski definition) is 1. The van der Waals surface area contributed by atoms with E-state index < -0.39 is 0 Å². The molecule has 0 aliphatic rings. The zero-order chi connectivity index (χ0) is 17.8. The van der Waals surface area contributed by atoms with Gasteiger partial charge in [-0.2, -0.15) is 0 Å². The molecule has 2 heterocycles. The zero-order valence-corrected chi connectivity index (χ0v) is 15.8. The van der Waals surface area contributed by atoms with Crippen LogP contribution in [0.3, 0.4) is 0 Å². The van der Waals surface area contributed by atoms with Crippen molar-refractivity contribution in [2.75, 3.05) is 6.61 Å². The highest BCUT2D eigenvalue weighted by Gasteiger charge is 2.08. The molecule has 0 bridgehead atoms. The van der Waals surface area contributed by atoms with E-state index in [1.54, 1.807) is 0 Å². The molecule has 0 fully saturated rings. The molecule has 6 heteroatoms. The third-order valence-corrected chi connectivity index (χ3v) is 4.35. The first-order valence-electron chi connectivity index (χ1n) is 8.17. The number of nitrogens with zero attached hydrogens (tertiary/aromatic N) is 2. The standard InChI is InChI=1S/C19H20BrN3O2/c1-3-14-4-6-17(7-5-14)25-12-18(24)21-9-16-11-23-10-15(20)8-13(2)19(23)22-16/h4-8,10-11H,3,9,12H2,1-2H3,(H,21,24). The highest BCUT2D eigenvalue weighted by molar-refractivity contribution is 9.10. The van der Waals surface area contributed by atoms with Crippen LogP contribution in [0.4, 0.5) is 0 Å². The molecule has 3 rings (SSSR count). The monoisotopic (exact) mass is 401 g/mol. The van der Waals surface area contributed by atoms with Crippen LogP contribution >= 0.6 is 15.9 Å². The molecular weight excluding hydrogens is 382 g/mol. The second-order valence-corrected chi connectivity index (χ2v) is 6.78. The van der Waals surface area contributed by atoms with Crippen LogP contribution < -0.4 is 10.1 Å². The number of aromatic nitrogens is 2. The Labute approximate surface area is 155 Å². The molecule has 1 aromatic carbocycles. The Balaban J connectivity index is 1.54. The Morgan fingerprint density at radius 3 is 2.76 bits per heavy atom. The van der Waals surface area contributed by atoms with Crippen LogP contribution in [-0.4, -0.2) is 21.9 Å². The summed E-state index contributed by atoms with van der Waals surface area (Å²) in [5, 5.41) is 2.84. The van der Waals surface area contributed by atoms with Gasteiger partial charge in [0.2, 0.25) is 0 Å². The van der Waals surface area contributed by atoms with Gasteiger partial charge in [0.05, 0.1) is 12.2 Å². The number of carbonyl (C=O) groups excluding carboxylic acids is 1. The molecule has 0 saturated carbocycles. The summed E-state index contributed by atoms with van der Waals surface area (Å²) < 4.78 is 8.45. The lowest BCUT2D eigenvalue weighted by Crippen LogP contribution is -2.28. The Bertz CT molecular complexity index is 888. The topological polar surface area (TPSA) is 55.6 Å². The molecular formula is C19H20BrN3O2. The van der Waals surface area contributed by atoms with Gasteiger partial charge in [0.25, 0.3) is 5.91 Å². The Hall–Kier alpha value is -2.34. The van der Waals surface area contributed by atoms with Crippen molar-refractivity contribution < 1.29 is 9.53 Å². The maximum atomic E-state index is 12.0. The Morgan fingerprint density at radius 1 is 1.28 bits per heavy atom. The molecule has 0 saturated heterocycles. The quantitative estimate of drug-likeness (QED) is 0.685. The summed E-state index contributed by atoms with van der Waals surface area (Å²) in [6.07, 6.45) is 4.84. The minimum atomic E-state index is -0.172. The van der Waals surface area contributed by atoms with Crippen molar-refractivity contribution in [3.8, 4) is 5.75 Å². The smallest absolute Gasteiger partial charge is 0.258 e. The summed E-state index contributed by atoms with van der Waals surface area (Å²) in [7, 11) is 0. The van der Waals surface area contributed by atoms with Crippen LogP contribution in [0.15, 0.2) is 47.2 Å². The fourth-order valence-electron chi connectivity index (χ4n) is 2.57. The van der Waals surface area contributed by atoms with Gasteiger partial charge < -0.3 is 14.5 Å². The summed E-state index contributed by atoms with van der Waals surface area (Å²) >= 11 is 3.47. The normalized spacial score (nSPS) is 10.8. The predicted molar refractivity (Wildman–Crippen MR) is 101 cm³/mol. The molecule has 0 spiro atoms. The Morgan fingerprint density at radius 2 is 2.04 bits per heavy atom. The van der Waals surface area contributed by atoms with E-state index >= 15 is 0 Å². The van der Waals surface area contributed by atoms with Crippen molar-refractivity contribution in [3.63, 3.8) is 0 Å². The number of nitrogens with one attached hydrogen (secondary N) is 1. The molecule has 130 valence electrons. The summed E-state index contributed by atoms with van der Waals surface area (Å²) in [5.41, 5.74) is 4.01. The number of benzene rings is 1. The van der Waals surface area contributed by atoms with Crippen molar-refractivity contribution in [1.82, 2.24) is 14.7 Å². The van der Waals surface area contributed by atoms with Gasteiger partial charge in [-0.05, 0) is 58.6 Å². The second kappa shape index (κ2) is 7.70. The summed E-state index contributed by atoms with van der Waals surface area (Å²) in [6.45, 7) is 4.47. The molecule has 0 radical (unpaired) electrons. The average Bonchev–Trinajstić information content (AvgIpc) is 3.02. The van der Waals surface area contributed by atoms with Gasteiger partial charge in [-0.3, -0.25) is 4.79 Å². The number of fused-ring (bicyclic) bond motifs is 1. The van der Waals surface area contributed by atoms with Crippen molar-refractivity contribution in [3.05, 3.63) is 64.0 Å². The summed E-state index contributed by atoms with van der Waals surface area (Å²) in [5.74, 6) is 0.523. The van der Waals surface area contributed by atoms with Crippen LogP contribution in [-0.2, 0) is 17.8 Å². The molecule has 1 N–H and O–H groups in total. The van der Waals surface area contributed by atoms with Gasteiger partial charge in [-0.15, -0.1) is 0 Å². The number of imidazole rings is 1. The van der Waals surface area contributed by atoms with Crippen molar-refractivity contribution in [2.24, 2.45) is 0 Å². The van der Waals surface area contributed by atoms with Crippen LogP contribution in [0.25, 0.3) is 5.65 Å². The number of halogens is 1. The van der Waals surface area contributed by atoms with Crippen molar-refractivity contribution in [2.45, 2.75) is 26.8 Å². The summed E-state index contributed by atoms with van der Waals surface area (Å²) in [6, 6.07) is 9.79. The van der Waals surface area contributed by atoms with E-state index in [2.05, 4.69) is 33.2 Å². The van der Waals surface area contributed by atoms with E-state index in [0.29, 0.717) is 12.3 Å². The minimum absolute atomic E-state index is 0.0105. The SMILES string of the molecule is CCc1ccc(OCC(=O)NCc2cn3cc(Br)cc(C)c3n2)cc1. The second-order valence-electron chi connectivity index (χ2n) is 5.87. The third kappa shape index (κ3) is 4.39. The lowest BCUT2D eigenvalue weighted by Gasteiger charge is -2.07. The van der Waals surface area contributed by atoms with Crippen molar-refractivity contribution >= 4 is 27.5 Å². The molecule has 0 unspecified atom stereocenters. The number of carbonyl (C=O) groups is 1. The Kier molecular flexibility index (Phi) is 5.38. The molecule has 0 atom stereocenters. The van der Waals surface area contributed by atoms with E-state index in [1.165, 1.54) is 5.56 Å². The van der Waals surface area contributed by atoms with Gasteiger partial charge in [0.15, 0.2) is 6.61 Å². The van der Waals surface area contributed by atoms with E-state index in [0.717, 1.165) is 27.8 Å². The van der Waals surface area contributed by atoms with Crippen LogP contribution in [0.2, 0.25) is 0 Å². The third-order valence-electron chi connectivity index (χ3n) is 3.92. The van der Waals surface area contributed by atoms with Crippen LogP contribution in [0.1, 0.15) is 23.7 Å². The maximum Gasteiger partial charge on any atom is 0.258 e. The molecule has 5 nitrogen and oxygen atoms in total. The fourth-order valence-corrected chi connectivity index (χ4v) is 3.14. The van der Waals surface area contributed by atoms with E-state index in [4.69, 9.17) is 4.74 Å². The molecule has 0 aliphatic heterocycles. The number of amides is 1. The van der Waals surface area contributed by atoms with Gasteiger partial charge in [0, 0.05) is 16.9 Å². The number of aryl methyl sites for hydroxylation is 2. The van der Waals surface area contributed by atoms with Crippen molar-refractivity contribution in [1.29, 1.82) is 0 Å². The first kappa shape index (κ1) is 17.5. The fraction of sp³-hybridized carbons (Fsp3) is 0.263. The van der Waals surface area contributed by atoms with Gasteiger partial charge in [-0.1, -0.05) is 19.1 Å². The number of hydrogen-bond acceptors (Lipinski definition) is 3. The number of ether oxygens (including phenoxy) is 1. The molecule has 2 aromatic heterocycles.